The van der Waals surface area contributed by atoms with Crippen LogP contribution in [0.4, 0.5) is 41.7 Å². The van der Waals surface area contributed by atoms with Gasteiger partial charge in [-0.05, 0) is 35.9 Å². The van der Waals surface area contributed by atoms with Crippen molar-refractivity contribution in [2.75, 3.05) is 23.3 Å². The third-order valence-electron chi connectivity index (χ3n) is 6.99. The first-order valence-electron chi connectivity index (χ1n) is 12.6. The SMILES string of the molecule is O=C(Nc1nc(-c2cccc(C(F)(F)F)c2F)cs1)c1cnc(N2C[C@H](C(=O)O)[C@@H](c3ccc(C(F)(F)F)cc3)C2)c(Cl)c1. The van der Waals surface area contributed by atoms with E-state index in [0.29, 0.717) is 11.6 Å². The van der Waals surface area contributed by atoms with Crippen molar-refractivity contribution < 1.29 is 45.4 Å². The predicted octanol–water partition coefficient (Wildman–Crippen LogP) is 7.59. The number of halogens is 8. The monoisotopic (exact) mass is 658 g/mol. The number of carboxylic acids is 1. The smallest absolute Gasteiger partial charge is 0.419 e. The number of aromatic nitrogens is 2. The average molecular weight is 659 g/mol. The van der Waals surface area contributed by atoms with Crippen molar-refractivity contribution in [1.29, 1.82) is 0 Å². The summed E-state index contributed by atoms with van der Waals surface area (Å²) in [6.07, 6.45) is -8.28. The zero-order chi connectivity index (χ0) is 32.0. The summed E-state index contributed by atoms with van der Waals surface area (Å²) in [5.41, 5.74) is -2.47. The molecule has 3 heterocycles. The Morgan fingerprint density at radius 2 is 1.73 bits per heavy atom. The van der Waals surface area contributed by atoms with Crippen molar-refractivity contribution in [2.24, 2.45) is 5.92 Å². The molecule has 44 heavy (non-hydrogen) atoms. The number of benzene rings is 2. The lowest BCUT2D eigenvalue weighted by Gasteiger charge is -2.19. The number of pyridine rings is 1. The molecule has 2 atom stereocenters. The zero-order valence-corrected chi connectivity index (χ0v) is 23.5. The summed E-state index contributed by atoms with van der Waals surface area (Å²) in [6, 6.07) is 8.28. The fourth-order valence-corrected chi connectivity index (χ4v) is 5.84. The molecule has 0 radical (unpaired) electrons. The number of hydrogen-bond acceptors (Lipinski definition) is 6. The van der Waals surface area contributed by atoms with E-state index >= 15 is 0 Å². The Morgan fingerprint density at radius 3 is 2.34 bits per heavy atom. The second kappa shape index (κ2) is 11.7. The summed E-state index contributed by atoms with van der Waals surface area (Å²) < 4.78 is 92.6. The average Bonchev–Trinajstić information content (AvgIpc) is 3.60. The summed E-state index contributed by atoms with van der Waals surface area (Å²) in [6.45, 7) is 0.0296. The van der Waals surface area contributed by atoms with E-state index in [2.05, 4.69) is 15.3 Å². The molecule has 0 bridgehead atoms. The second-order valence-electron chi connectivity index (χ2n) is 9.76. The molecule has 1 aliphatic rings. The Labute approximate surface area is 252 Å². The van der Waals surface area contributed by atoms with E-state index in [1.807, 2.05) is 0 Å². The minimum atomic E-state index is -4.90. The van der Waals surface area contributed by atoms with Gasteiger partial charge in [0, 0.05) is 36.1 Å². The van der Waals surface area contributed by atoms with E-state index in [1.165, 1.54) is 29.8 Å². The first-order chi connectivity index (χ1) is 20.6. The number of carbonyl (C=O) groups excluding carboxylic acids is 1. The van der Waals surface area contributed by atoms with Crippen LogP contribution in [-0.4, -0.2) is 40.0 Å². The summed E-state index contributed by atoms with van der Waals surface area (Å²) in [7, 11) is 0. The molecule has 2 aromatic heterocycles. The fourth-order valence-electron chi connectivity index (χ4n) is 4.84. The van der Waals surface area contributed by atoms with Crippen LogP contribution in [0.25, 0.3) is 11.3 Å². The van der Waals surface area contributed by atoms with Gasteiger partial charge in [-0.25, -0.2) is 14.4 Å². The molecule has 16 heteroatoms. The third-order valence-corrected chi connectivity index (χ3v) is 8.03. The molecule has 2 aromatic carbocycles. The van der Waals surface area contributed by atoms with Gasteiger partial charge in [-0.15, -0.1) is 11.3 Å². The highest BCUT2D eigenvalue weighted by Gasteiger charge is 2.40. The predicted molar refractivity (Wildman–Crippen MR) is 147 cm³/mol. The lowest BCUT2D eigenvalue weighted by molar-refractivity contribution is -0.142. The van der Waals surface area contributed by atoms with Gasteiger partial charge in [-0.2, -0.15) is 26.3 Å². The summed E-state index contributed by atoms with van der Waals surface area (Å²) >= 11 is 7.25. The van der Waals surface area contributed by atoms with Crippen molar-refractivity contribution in [2.45, 2.75) is 18.3 Å². The molecular formula is C28H18ClF7N4O3S. The number of thiazole rings is 1. The number of anilines is 2. The summed E-state index contributed by atoms with van der Waals surface area (Å²) in [5, 5.41) is 13.4. The number of carboxylic acid groups (broad SMARTS) is 1. The molecule has 1 amide bonds. The number of amides is 1. The molecule has 0 aliphatic carbocycles. The van der Waals surface area contributed by atoms with Crippen LogP contribution in [-0.2, 0) is 17.1 Å². The molecule has 4 aromatic rings. The topological polar surface area (TPSA) is 95.4 Å². The number of aliphatic carboxylic acids is 1. The number of carbonyl (C=O) groups is 2. The molecular weight excluding hydrogens is 641 g/mol. The van der Waals surface area contributed by atoms with Crippen LogP contribution < -0.4 is 10.2 Å². The highest BCUT2D eigenvalue weighted by Crippen LogP contribution is 2.39. The van der Waals surface area contributed by atoms with E-state index in [4.69, 9.17) is 11.6 Å². The molecule has 230 valence electrons. The van der Waals surface area contributed by atoms with Gasteiger partial charge < -0.3 is 10.0 Å². The van der Waals surface area contributed by atoms with Gasteiger partial charge in [0.25, 0.3) is 5.91 Å². The van der Waals surface area contributed by atoms with Gasteiger partial charge >= 0.3 is 18.3 Å². The molecule has 1 aliphatic heterocycles. The number of rotatable bonds is 6. The van der Waals surface area contributed by atoms with E-state index in [-0.39, 0.29) is 40.3 Å². The lowest BCUT2D eigenvalue weighted by atomic mass is 9.88. The Hall–Kier alpha value is -4.24. The molecule has 0 spiro atoms. The van der Waals surface area contributed by atoms with Crippen molar-refractivity contribution in [3.63, 3.8) is 0 Å². The number of nitrogens with one attached hydrogen (secondary N) is 1. The standard InChI is InChI=1S/C28H18ClF7N4O3S/c29-20-8-14(24(41)39-26-38-21(12-44-26)16-2-1-3-19(22(16)30)28(34,35)36)9-37-23(20)40-10-17(18(11-40)25(42)43)13-4-6-15(7-5-13)27(31,32)33/h1-9,12,17-18H,10-11H2,(H,42,43)(H,38,39,41)/t17-,18+/m1/s1. The number of hydrogen-bond donors (Lipinski definition) is 2. The van der Waals surface area contributed by atoms with Gasteiger partial charge in [0.15, 0.2) is 5.13 Å². The normalized spacial score (nSPS) is 17.1. The maximum Gasteiger partial charge on any atom is 0.419 e. The van der Waals surface area contributed by atoms with Gasteiger partial charge in [-0.3, -0.25) is 14.9 Å². The molecule has 2 N–H and O–H groups in total. The highest BCUT2D eigenvalue weighted by molar-refractivity contribution is 7.14. The van der Waals surface area contributed by atoms with Crippen molar-refractivity contribution in [3.05, 3.63) is 93.2 Å². The molecule has 0 saturated carbocycles. The second-order valence-corrected chi connectivity index (χ2v) is 11.0. The first kappa shape index (κ1) is 31.2. The zero-order valence-electron chi connectivity index (χ0n) is 21.9. The van der Waals surface area contributed by atoms with Crippen LogP contribution in [0.1, 0.15) is 33.0 Å². The third kappa shape index (κ3) is 6.33. The van der Waals surface area contributed by atoms with Crippen molar-refractivity contribution in [3.8, 4) is 11.3 Å². The number of alkyl halides is 6. The van der Waals surface area contributed by atoms with Gasteiger partial charge in [-0.1, -0.05) is 29.8 Å². The summed E-state index contributed by atoms with van der Waals surface area (Å²) in [5.74, 6) is -4.88. The van der Waals surface area contributed by atoms with Crippen LogP contribution in [0, 0.1) is 11.7 Å². The minimum Gasteiger partial charge on any atom is -0.481 e. The Bertz CT molecular complexity index is 1730. The number of nitrogens with zero attached hydrogens (tertiary/aromatic N) is 3. The quantitative estimate of drug-likeness (QED) is 0.207. The van der Waals surface area contributed by atoms with Crippen molar-refractivity contribution in [1.82, 2.24) is 9.97 Å². The maximum absolute atomic E-state index is 14.5. The van der Waals surface area contributed by atoms with Crippen LogP contribution in [0.3, 0.4) is 0 Å². The van der Waals surface area contributed by atoms with E-state index < -0.39 is 58.6 Å². The Morgan fingerprint density at radius 1 is 1.02 bits per heavy atom. The van der Waals surface area contributed by atoms with Crippen LogP contribution in [0.5, 0.6) is 0 Å². The lowest BCUT2D eigenvalue weighted by Crippen LogP contribution is -2.24. The summed E-state index contributed by atoms with van der Waals surface area (Å²) in [4.78, 5) is 34.6. The largest absolute Gasteiger partial charge is 0.481 e. The highest BCUT2D eigenvalue weighted by atomic mass is 35.5. The van der Waals surface area contributed by atoms with Crippen LogP contribution in [0.15, 0.2) is 60.1 Å². The first-order valence-corrected chi connectivity index (χ1v) is 13.8. The van der Waals surface area contributed by atoms with Crippen molar-refractivity contribution >= 4 is 45.8 Å². The minimum absolute atomic E-state index is 0.0132. The molecule has 0 unspecified atom stereocenters. The Kier molecular flexibility index (Phi) is 8.29. The van der Waals surface area contributed by atoms with Gasteiger partial charge in [0.05, 0.1) is 33.3 Å². The van der Waals surface area contributed by atoms with E-state index in [1.54, 1.807) is 4.90 Å². The fraction of sp³-hybridized carbons (Fsp3) is 0.214. The Balaban J connectivity index is 1.31. The molecule has 1 saturated heterocycles. The molecule has 5 rings (SSSR count). The van der Waals surface area contributed by atoms with E-state index in [0.717, 1.165) is 35.6 Å². The maximum atomic E-state index is 14.5. The molecule has 7 nitrogen and oxygen atoms in total. The van der Waals surface area contributed by atoms with Gasteiger partial charge in [0.1, 0.15) is 11.6 Å². The molecule has 1 fully saturated rings. The van der Waals surface area contributed by atoms with E-state index in [9.17, 15) is 45.4 Å². The van der Waals surface area contributed by atoms with Gasteiger partial charge in [0.2, 0.25) is 0 Å². The van der Waals surface area contributed by atoms with Crippen LogP contribution in [0.2, 0.25) is 5.02 Å². The van der Waals surface area contributed by atoms with Crippen LogP contribution >= 0.6 is 22.9 Å².